The second-order valence-corrected chi connectivity index (χ2v) is 7.09. The van der Waals surface area contributed by atoms with Gasteiger partial charge < -0.3 is 20.5 Å². The molecule has 24 heavy (non-hydrogen) atoms. The summed E-state index contributed by atoms with van der Waals surface area (Å²) in [5.74, 6) is 2.73. The van der Waals surface area contributed by atoms with Crippen molar-refractivity contribution in [1.82, 2.24) is 10.6 Å². The number of thioether (sulfide) groups is 1. The molecule has 1 aromatic rings. The molecule has 1 heterocycles. The molecule has 1 aliphatic heterocycles. The van der Waals surface area contributed by atoms with Crippen LogP contribution in [0.25, 0.3) is 0 Å². The highest BCUT2D eigenvalue weighted by Gasteiger charge is 2.31. The molecular weight excluding hydrogens is 329 g/mol. The van der Waals surface area contributed by atoms with Gasteiger partial charge in [-0.1, -0.05) is 0 Å². The Labute approximate surface area is 147 Å². The number of aliphatic hydroxyl groups is 1. The molecule has 2 rings (SSSR count). The predicted octanol–water partition coefficient (Wildman–Crippen LogP) is 2.02. The zero-order valence-corrected chi connectivity index (χ0v) is 15.0. The Morgan fingerprint density at radius 3 is 2.79 bits per heavy atom. The van der Waals surface area contributed by atoms with Crippen molar-refractivity contribution >= 4 is 17.7 Å². The topological polar surface area (TPSA) is 65.9 Å². The third-order valence-electron chi connectivity index (χ3n) is 3.67. The minimum Gasteiger partial charge on any atom is -0.489 e. The molecular formula is C17H26FN3O2S. The van der Waals surface area contributed by atoms with E-state index in [2.05, 4.69) is 15.6 Å². The molecule has 1 fully saturated rings. The molecule has 0 bridgehead atoms. The summed E-state index contributed by atoms with van der Waals surface area (Å²) in [5, 5.41) is 16.7. The molecule has 1 saturated heterocycles. The fraction of sp³-hybridized carbons (Fsp3) is 0.588. The summed E-state index contributed by atoms with van der Waals surface area (Å²) >= 11 is 1.76. The molecule has 1 aliphatic rings. The third kappa shape index (κ3) is 6.20. The highest BCUT2D eigenvalue weighted by molar-refractivity contribution is 7.99. The van der Waals surface area contributed by atoms with Gasteiger partial charge in [0.15, 0.2) is 5.96 Å². The number of aliphatic imine (C=N–C) groups is 1. The van der Waals surface area contributed by atoms with Crippen molar-refractivity contribution < 1.29 is 14.2 Å². The molecule has 2 unspecified atom stereocenters. The third-order valence-corrected chi connectivity index (χ3v) is 4.90. The first-order chi connectivity index (χ1) is 11.5. The van der Waals surface area contributed by atoms with Gasteiger partial charge >= 0.3 is 0 Å². The van der Waals surface area contributed by atoms with E-state index in [0.717, 1.165) is 24.5 Å². The smallest absolute Gasteiger partial charge is 0.191 e. The van der Waals surface area contributed by atoms with Crippen LogP contribution in [0.15, 0.2) is 29.3 Å². The maximum Gasteiger partial charge on any atom is 0.191 e. The molecule has 0 radical (unpaired) electrons. The molecule has 0 amide bonds. The fourth-order valence-electron chi connectivity index (χ4n) is 2.32. The predicted molar refractivity (Wildman–Crippen MR) is 97.4 cm³/mol. The lowest BCUT2D eigenvalue weighted by molar-refractivity contribution is 0.0778. The van der Waals surface area contributed by atoms with Crippen LogP contribution in [0.3, 0.4) is 0 Å². The Morgan fingerprint density at radius 1 is 1.42 bits per heavy atom. The second kappa shape index (κ2) is 9.13. The Morgan fingerprint density at radius 2 is 2.17 bits per heavy atom. The maximum atomic E-state index is 12.9. The average molecular weight is 355 g/mol. The lowest BCUT2D eigenvalue weighted by atomic mass is 10.1. The van der Waals surface area contributed by atoms with E-state index >= 15 is 0 Å². The number of nitrogens with one attached hydrogen (secondary N) is 2. The molecule has 0 spiro atoms. The Kier molecular flexibility index (Phi) is 7.17. The molecule has 0 saturated carbocycles. The molecule has 5 nitrogen and oxygen atoms in total. The lowest BCUT2D eigenvalue weighted by Crippen LogP contribution is -2.43. The van der Waals surface area contributed by atoms with Gasteiger partial charge in [0.25, 0.3) is 0 Å². The zero-order valence-electron chi connectivity index (χ0n) is 14.2. The lowest BCUT2D eigenvalue weighted by Gasteiger charge is -2.21. The number of ether oxygens (including phenoxy) is 1. The van der Waals surface area contributed by atoms with Gasteiger partial charge in [-0.2, -0.15) is 11.8 Å². The summed E-state index contributed by atoms with van der Waals surface area (Å²) in [6, 6.07) is 5.97. The molecule has 0 aromatic heterocycles. The van der Waals surface area contributed by atoms with E-state index in [-0.39, 0.29) is 11.9 Å². The van der Waals surface area contributed by atoms with Gasteiger partial charge in [0, 0.05) is 12.3 Å². The maximum absolute atomic E-state index is 12.9. The number of hydrogen-bond acceptors (Lipinski definition) is 4. The molecule has 134 valence electrons. The largest absolute Gasteiger partial charge is 0.489 e. The molecule has 1 aromatic carbocycles. The van der Waals surface area contributed by atoms with Crippen LogP contribution in [0.2, 0.25) is 0 Å². The van der Waals surface area contributed by atoms with Gasteiger partial charge in [0.05, 0.1) is 18.7 Å². The van der Waals surface area contributed by atoms with Crippen molar-refractivity contribution in [3.8, 4) is 5.75 Å². The first kappa shape index (κ1) is 18.9. The van der Waals surface area contributed by atoms with Crippen LogP contribution in [0.4, 0.5) is 4.39 Å². The standard InChI is InChI=1S/C17H26FN3O2S/c1-3-19-16(21-11-17(22)8-9-24-12-17)20-10-13(2)23-15-6-4-14(18)5-7-15/h4-7,13,22H,3,8-12H2,1-2H3,(H2,19,20,21). The van der Waals surface area contributed by atoms with Crippen LogP contribution in [0, 0.1) is 5.82 Å². The van der Waals surface area contributed by atoms with E-state index in [1.54, 1.807) is 23.9 Å². The van der Waals surface area contributed by atoms with Crippen molar-refractivity contribution in [2.45, 2.75) is 32.0 Å². The minimum absolute atomic E-state index is 0.107. The summed E-state index contributed by atoms with van der Waals surface area (Å²) in [7, 11) is 0. The number of rotatable bonds is 7. The first-order valence-corrected chi connectivity index (χ1v) is 9.41. The number of nitrogens with zero attached hydrogens (tertiary/aromatic N) is 1. The minimum atomic E-state index is -0.691. The first-order valence-electron chi connectivity index (χ1n) is 8.25. The van der Waals surface area contributed by atoms with E-state index in [0.29, 0.717) is 24.8 Å². The molecule has 7 heteroatoms. The summed E-state index contributed by atoms with van der Waals surface area (Å²) in [4.78, 5) is 4.48. The molecule has 2 atom stereocenters. The Hall–Kier alpha value is -1.47. The average Bonchev–Trinajstić information content (AvgIpc) is 2.99. The van der Waals surface area contributed by atoms with Crippen LogP contribution in [0.5, 0.6) is 5.75 Å². The summed E-state index contributed by atoms with van der Waals surface area (Å²) in [6.45, 7) is 5.61. The quantitative estimate of drug-likeness (QED) is 0.516. The fourth-order valence-corrected chi connectivity index (χ4v) is 3.60. The number of benzene rings is 1. The van der Waals surface area contributed by atoms with Crippen LogP contribution >= 0.6 is 11.8 Å². The summed E-state index contributed by atoms with van der Waals surface area (Å²) in [5.41, 5.74) is -0.691. The Bertz CT molecular complexity index is 533. The number of hydrogen-bond donors (Lipinski definition) is 3. The van der Waals surface area contributed by atoms with Crippen LogP contribution in [0.1, 0.15) is 20.3 Å². The van der Waals surface area contributed by atoms with Crippen LogP contribution in [-0.4, -0.2) is 53.9 Å². The van der Waals surface area contributed by atoms with Gasteiger partial charge in [0.1, 0.15) is 17.7 Å². The van der Waals surface area contributed by atoms with Gasteiger partial charge in [-0.15, -0.1) is 0 Å². The number of halogens is 1. The monoisotopic (exact) mass is 355 g/mol. The van der Waals surface area contributed by atoms with E-state index < -0.39 is 5.60 Å². The van der Waals surface area contributed by atoms with E-state index in [1.165, 1.54) is 12.1 Å². The second-order valence-electron chi connectivity index (χ2n) is 5.99. The van der Waals surface area contributed by atoms with Crippen molar-refractivity contribution in [1.29, 1.82) is 0 Å². The van der Waals surface area contributed by atoms with Gasteiger partial charge in [0.2, 0.25) is 0 Å². The SMILES string of the molecule is CCNC(=NCC1(O)CCSC1)NCC(C)Oc1ccc(F)cc1. The van der Waals surface area contributed by atoms with Crippen LogP contribution in [-0.2, 0) is 0 Å². The van der Waals surface area contributed by atoms with Gasteiger partial charge in [-0.05, 0) is 50.3 Å². The summed E-state index contributed by atoms with van der Waals surface area (Å²) in [6.07, 6.45) is 0.675. The van der Waals surface area contributed by atoms with Gasteiger partial charge in [-0.25, -0.2) is 4.39 Å². The Balaban J connectivity index is 1.82. The van der Waals surface area contributed by atoms with Crippen LogP contribution < -0.4 is 15.4 Å². The number of guanidine groups is 1. The highest BCUT2D eigenvalue weighted by Crippen LogP contribution is 2.27. The molecule has 3 N–H and O–H groups in total. The van der Waals surface area contributed by atoms with Crippen molar-refractivity contribution in [2.75, 3.05) is 31.1 Å². The summed E-state index contributed by atoms with van der Waals surface area (Å²) < 4.78 is 18.6. The van der Waals surface area contributed by atoms with Crippen molar-refractivity contribution in [2.24, 2.45) is 4.99 Å². The molecule has 0 aliphatic carbocycles. The van der Waals surface area contributed by atoms with E-state index in [1.807, 2.05) is 13.8 Å². The van der Waals surface area contributed by atoms with Gasteiger partial charge in [-0.3, -0.25) is 4.99 Å². The van der Waals surface area contributed by atoms with E-state index in [4.69, 9.17) is 4.74 Å². The zero-order chi connectivity index (χ0) is 17.4. The van der Waals surface area contributed by atoms with Crippen molar-refractivity contribution in [3.63, 3.8) is 0 Å². The van der Waals surface area contributed by atoms with E-state index in [9.17, 15) is 9.50 Å². The highest BCUT2D eigenvalue weighted by atomic mass is 32.2. The normalized spacial score (nSPS) is 22.2. The van der Waals surface area contributed by atoms with Crippen molar-refractivity contribution in [3.05, 3.63) is 30.1 Å².